The molecule has 1 aliphatic heterocycles. The van der Waals surface area contributed by atoms with Crippen LogP contribution in [0, 0.1) is 0 Å². The van der Waals surface area contributed by atoms with Crippen LogP contribution >= 0.6 is 11.6 Å². The second-order valence-electron chi connectivity index (χ2n) is 8.08. The Labute approximate surface area is 158 Å². The lowest BCUT2D eigenvalue weighted by molar-refractivity contribution is -0.0254. The van der Waals surface area contributed by atoms with E-state index in [0.717, 1.165) is 63.4 Å². The molecule has 3 rings (SSSR count). The van der Waals surface area contributed by atoms with Crippen LogP contribution in [0.4, 0.5) is 0 Å². The molecule has 3 nitrogen and oxygen atoms in total. The fourth-order valence-electron chi connectivity index (χ4n) is 4.46. The predicted molar refractivity (Wildman–Crippen MR) is 105 cm³/mol. The Balaban J connectivity index is 1.82. The van der Waals surface area contributed by atoms with Crippen molar-refractivity contribution in [2.45, 2.75) is 56.5 Å². The van der Waals surface area contributed by atoms with Crippen LogP contribution in [-0.2, 0) is 0 Å². The van der Waals surface area contributed by atoms with Gasteiger partial charge < -0.3 is 14.9 Å². The van der Waals surface area contributed by atoms with Crippen LogP contribution < -0.4 is 0 Å². The maximum Gasteiger partial charge on any atom is 0.0728 e. The number of hydrogen-bond donors (Lipinski definition) is 1. The molecule has 0 aromatic heterocycles. The summed E-state index contributed by atoms with van der Waals surface area (Å²) >= 11 is 6.29. The minimum atomic E-state index is -0.603. The van der Waals surface area contributed by atoms with E-state index in [2.05, 4.69) is 29.0 Å². The lowest BCUT2D eigenvalue weighted by atomic mass is 9.74. The standard InChI is InChI=1S/C21H33ClN2O/c1-23-12-14-24(15-13-23)17-20(18-8-7-9-19(22)16-18)21(25)10-5-3-2-4-6-11-21/h7-9,16,20,25H,2-6,10-15,17H2,1H3. The molecule has 1 N–H and O–H groups in total. The minimum absolute atomic E-state index is 0.146. The molecule has 1 saturated carbocycles. The van der Waals surface area contributed by atoms with Gasteiger partial charge >= 0.3 is 0 Å². The van der Waals surface area contributed by atoms with Crippen molar-refractivity contribution in [3.05, 3.63) is 34.9 Å². The second-order valence-corrected chi connectivity index (χ2v) is 8.52. The van der Waals surface area contributed by atoms with E-state index >= 15 is 0 Å². The number of nitrogens with zero attached hydrogens (tertiary/aromatic N) is 2. The summed E-state index contributed by atoms with van der Waals surface area (Å²) in [7, 11) is 2.19. The van der Waals surface area contributed by atoms with Gasteiger partial charge in [-0.3, -0.25) is 0 Å². The Hall–Kier alpha value is -0.610. The average molecular weight is 365 g/mol. The number of halogens is 1. The molecule has 1 aromatic rings. The molecule has 4 heteroatoms. The Morgan fingerprint density at radius 3 is 2.32 bits per heavy atom. The molecule has 1 atom stereocenters. The molecule has 25 heavy (non-hydrogen) atoms. The first kappa shape index (κ1) is 19.2. The molecular weight excluding hydrogens is 332 g/mol. The summed E-state index contributed by atoms with van der Waals surface area (Å²) < 4.78 is 0. The van der Waals surface area contributed by atoms with Gasteiger partial charge in [0.25, 0.3) is 0 Å². The van der Waals surface area contributed by atoms with Gasteiger partial charge in [-0.15, -0.1) is 0 Å². The molecule has 0 bridgehead atoms. The van der Waals surface area contributed by atoms with Crippen molar-refractivity contribution in [2.24, 2.45) is 0 Å². The summed E-state index contributed by atoms with van der Waals surface area (Å²) in [4.78, 5) is 4.91. The fourth-order valence-corrected chi connectivity index (χ4v) is 4.66. The van der Waals surface area contributed by atoms with Crippen LogP contribution in [0.5, 0.6) is 0 Å². The van der Waals surface area contributed by atoms with E-state index in [4.69, 9.17) is 11.6 Å². The van der Waals surface area contributed by atoms with E-state index < -0.39 is 5.60 Å². The molecular formula is C21H33ClN2O. The zero-order valence-corrected chi connectivity index (χ0v) is 16.3. The largest absolute Gasteiger partial charge is 0.389 e. The number of benzene rings is 1. The maximum atomic E-state index is 11.7. The monoisotopic (exact) mass is 364 g/mol. The van der Waals surface area contributed by atoms with Crippen LogP contribution in [0.25, 0.3) is 0 Å². The lowest BCUT2D eigenvalue weighted by Gasteiger charge is -2.42. The van der Waals surface area contributed by atoms with Gasteiger partial charge in [0.2, 0.25) is 0 Å². The maximum absolute atomic E-state index is 11.7. The first-order valence-corrected chi connectivity index (χ1v) is 10.3. The number of aliphatic hydroxyl groups is 1. The quantitative estimate of drug-likeness (QED) is 0.869. The van der Waals surface area contributed by atoms with E-state index in [9.17, 15) is 5.11 Å². The third-order valence-electron chi connectivity index (χ3n) is 6.16. The van der Waals surface area contributed by atoms with Gasteiger partial charge in [-0.2, -0.15) is 0 Å². The Bertz CT molecular complexity index is 534. The highest BCUT2D eigenvalue weighted by atomic mass is 35.5. The van der Waals surface area contributed by atoms with Crippen LogP contribution in [0.2, 0.25) is 5.02 Å². The van der Waals surface area contributed by atoms with Crippen molar-refractivity contribution < 1.29 is 5.11 Å². The average Bonchev–Trinajstić information content (AvgIpc) is 2.58. The Morgan fingerprint density at radius 2 is 1.68 bits per heavy atom. The highest BCUT2D eigenvalue weighted by molar-refractivity contribution is 6.30. The van der Waals surface area contributed by atoms with Gasteiger partial charge in [-0.05, 0) is 37.6 Å². The Kier molecular flexibility index (Phi) is 6.79. The summed E-state index contributed by atoms with van der Waals surface area (Å²) in [5, 5.41) is 12.5. The van der Waals surface area contributed by atoms with E-state index in [1.807, 2.05) is 12.1 Å². The number of rotatable bonds is 4. The minimum Gasteiger partial charge on any atom is -0.389 e. The lowest BCUT2D eigenvalue weighted by Crippen LogP contribution is -2.49. The SMILES string of the molecule is CN1CCN(CC(c2cccc(Cl)c2)C2(O)CCCCCCC2)CC1. The van der Waals surface area contributed by atoms with Crippen LogP contribution in [0.15, 0.2) is 24.3 Å². The molecule has 0 spiro atoms. The number of likely N-dealkylation sites (N-methyl/N-ethyl adjacent to an activating group) is 1. The number of hydrogen-bond acceptors (Lipinski definition) is 3. The van der Waals surface area contributed by atoms with Crippen molar-refractivity contribution in [2.75, 3.05) is 39.8 Å². The molecule has 0 radical (unpaired) electrons. The zero-order chi connectivity index (χ0) is 17.7. The molecule has 2 aliphatic rings. The van der Waals surface area contributed by atoms with Crippen molar-refractivity contribution in [3.63, 3.8) is 0 Å². The van der Waals surface area contributed by atoms with Crippen molar-refractivity contribution in [1.82, 2.24) is 9.80 Å². The topological polar surface area (TPSA) is 26.7 Å². The normalized spacial score (nSPS) is 24.4. The van der Waals surface area contributed by atoms with E-state index in [-0.39, 0.29) is 5.92 Å². The second kappa shape index (κ2) is 8.85. The summed E-state index contributed by atoms with van der Waals surface area (Å²) in [6.45, 7) is 5.33. The predicted octanol–water partition coefficient (Wildman–Crippen LogP) is 4.15. The molecule has 2 fully saturated rings. The van der Waals surface area contributed by atoms with Crippen molar-refractivity contribution in [1.29, 1.82) is 0 Å². The van der Waals surface area contributed by atoms with Gasteiger partial charge in [0, 0.05) is 43.7 Å². The summed E-state index contributed by atoms with van der Waals surface area (Å²) in [6.07, 6.45) is 7.91. The molecule has 1 aromatic carbocycles. The smallest absolute Gasteiger partial charge is 0.0728 e. The third kappa shape index (κ3) is 5.19. The third-order valence-corrected chi connectivity index (χ3v) is 6.39. The van der Waals surface area contributed by atoms with Crippen LogP contribution in [0.1, 0.15) is 56.4 Å². The first-order valence-electron chi connectivity index (χ1n) is 9.96. The molecule has 1 aliphatic carbocycles. The molecule has 1 saturated heterocycles. The molecule has 1 heterocycles. The highest BCUT2D eigenvalue weighted by Crippen LogP contribution is 2.39. The fraction of sp³-hybridized carbons (Fsp3) is 0.714. The van der Waals surface area contributed by atoms with E-state index in [0.29, 0.717) is 0 Å². The van der Waals surface area contributed by atoms with Crippen molar-refractivity contribution >= 4 is 11.6 Å². The highest BCUT2D eigenvalue weighted by Gasteiger charge is 2.38. The van der Waals surface area contributed by atoms with E-state index in [1.54, 1.807) is 0 Å². The van der Waals surface area contributed by atoms with Gasteiger partial charge in [-0.1, -0.05) is 55.8 Å². The van der Waals surface area contributed by atoms with Crippen LogP contribution in [0.3, 0.4) is 0 Å². The molecule has 140 valence electrons. The Morgan fingerprint density at radius 1 is 1.04 bits per heavy atom. The summed E-state index contributed by atoms with van der Waals surface area (Å²) in [5.74, 6) is 0.146. The van der Waals surface area contributed by atoms with Gasteiger partial charge in [0.15, 0.2) is 0 Å². The van der Waals surface area contributed by atoms with Gasteiger partial charge in [-0.25, -0.2) is 0 Å². The van der Waals surface area contributed by atoms with Crippen LogP contribution in [-0.4, -0.2) is 60.3 Å². The first-order chi connectivity index (χ1) is 12.1. The molecule has 1 unspecified atom stereocenters. The number of piperazine rings is 1. The van der Waals surface area contributed by atoms with Gasteiger partial charge in [0.1, 0.15) is 0 Å². The zero-order valence-electron chi connectivity index (χ0n) is 15.6. The van der Waals surface area contributed by atoms with Gasteiger partial charge in [0.05, 0.1) is 5.60 Å². The van der Waals surface area contributed by atoms with Crippen molar-refractivity contribution in [3.8, 4) is 0 Å². The summed E-state index contributed by atoms with van der Waals surface area (Å²) in [5.41, 5.74) is 0.601. The van der Waals surface area contributed by atoms with E-state index in [1.165, 1.54) is 24.8 Å². The molecule has 0 amide bonds. The summed E-state index contributed by atoms with van der Waals surface area (Å²) in [6, 6.07) is 8.18.